The molecule has 0 unspecified atom stereocenters. The van der Waals surface area contributed by atoms with E-state index < -0.39 is 18.0 Å². The van der Waals surface area contributed by atoms with E-state index in [0.29, 0.717) is 17.6 Å². The molecule has 2 fully saturated rings. The zero-order valence-electron chi connectivity index (χ0n) is 15.5. The molecule has 1 N–H and O–H groups in total. The van der Waals surface area contributed by atoms with Crippen LogP contribution >= 0.6 is 0 Å². The Balaban J connectivity index is 1.65. The smallest absolute Gasteiger partial charge is 0.306 e. The number of carboxylic acids is 1. The van der Waals surface area contributed by atoms with Gasteiger partial charge in [0.2, 0.25) is 0 Å². The summed E-state index contributed by atoms with van der Waals surface area (Å²) in [5.41, 5.74) is 0.819. The van der Waals surface area contributed by atoms with Gasteiger partial charge in [-0.2, -0.15) is 0 Å². The fourth-order valence-electron chi connectivity index (χ4n) is 3.86. The standard InChI is InChI=1S/C20H26O7/c1-24-17-5-3-2-4-16(17)18(12-26-20(23)7-6-19(21)22)27-15-8-13-10-25-11-14(13)9-15/h2-5,13-15,18H,6-12H2,1H3,(H,21,22)/t13-,14+,15-,18-/m0/s1. The molecular weight excluding hydrogens is 352 g/mol. The number of para-hydroxylation sites is 1. The molecule has 0 radical (unpaired) electrons. The lowest BCUT2D eigenvalue weighted by molar-refractivity contribution is -0.152. The number of aliphatic carboxylic acids is 1. The van der Waals surface area contributed by atoms with E-state index in [1.807, 2.05) is 24.3 Å². The van der Waals surface area contributed by atoms with E-state index in [1.54, 1.807) is 7.11 Å². The highest BCUT2D eigenvalue weighted by atomic mass is 16.6. The monoisotopic (exact) mass is 378 g/mol. The molecule has 1 aromatic rings. The van der Waals surface area contributed by atoms with Gasteiger partial charge >= 0.3 is 11.9 Å². The number of methoxy groups -OCH3 is 1. The number of hydrogen-bond acceptors (Lipinski definition) is 6. The first-order valence-electron chi connectivity index (χ1n) is 9.30. The van der Waals surface area contributed by atoms with Crippen LogP contribution < -0.4 is 4.74 Å². The lowest BCUT2D eigenvalue weighted by atomic mass is 10.0. The third-order valence-corrected chi connectivity index (χ3v) is 5.24. The number of fused-ring (bicyclic) bond motifs is 1. The molecule has 0 aromatic heterocycles. The number of ether oxygens (including phenoxy) is 4. The van der Waals surface area contributed by atoms with Crippen molar-refractivity contribution in [1.29, 1.82) is 0 Å². The highest BCUT2D eigenvalue weighted by Crippen LogP contribution is 2.40. The van der Waals surface area contributed by atoms with E-state index in [1.165, 1.54) is 0 Å². The van der Waals surface area contributed by atoms with Crippen LogP contribution in [0.2, 0.25) is 0 Å². The first-order valence-corrected chi connectivity index (χ1v) is 9.30. The van der Waals surface area contributed by atoms with E-state index in [9.17, 15) is 9.59 Å². The molecule has 2 aliphatic rings. The Morgan fingerprint density at radius 1 is 1.19 bits per heavy atom. The summed E-state index contributed by atoms with van der Waals surface area (Å²) in [5.74, 6) is 0.172. The maximum atomic E-state index is 11.8. The van der Waals surface area contributed by atoms with Gasteiger partial charge in [-0.25, -0.2) is 0 Å². The molecule has 0 amide bonds. The van der Waals surface area contributed by atoms with Crippen LogP contribution in [0.3, 0.4) is 0 Å². The van der Waals surface area contributed by atoms with E-state index in [4.69, 9.17) is 24.1 Å². The summed E-state index contributed by atoms with van der Waals surface area (Å²) >= 11 is 0. The molecule has 148 valence electrons. The molecule has 4 atom stereocenters. The Hall–Kier alpha value is -2.12. The summed E-state index contributed by atoms with van der Waals surface area (Å²) in [7, 11) is 1.59. The van der Waals surface area contributed by atoms with E-state index in [0.717, 1.165) is 31.6 Å². The van der Waals surface area contributed by atoms with Crippen LogP contribution in [0, 0.1) is 11.8 Å². The molecule has 1 heterocycles. The van der Waals surface area contributed by atoms with Crippen molar-refractivity contribution in [3.05, 3.63) is 29.8 Å². The molecule has 27 heavy (non-hydrogen) atoms. The molecule has 1 saturated carbocycles. The summed E-state index contributed by atoms with van der Waals surface area (Å²) in [5, 5.41) is 8.70. The third-order valence-electron chi connectivity index (χ3n) is 5.24. The van der Waals surface area contributed by atoms with Gasteiger partial charge in [0.05, 0.1) is 26.1 Å². The Morgan fingerprint density at radius 2 is 1.89 bits per heavy atom. The molecule has 1 aromatic carbocycles. The van der Waals surface area contributed by atoms with E-state index >= 15 is 0 Å². The summed E-state index contributed by atoms with van der Waals surface area (Å²) in [6, 6.07) is 7.50. The second-order valence-corrected chi connectivity index (χ2v) is 7.09. The number of rotatable bonds is 9. The molecule has 7 heteroatoms. The van der Waals surface area contributed by atoms with Crippen molar-refractivity contribution >= 4 is 11.9 Å². The van der Waals surface area contributed by atoms with Crippen LogP contribution in [0.15, 0.2) is 24.3 Å². The van der Waals surface area contributed by atoms with Crippen molar-refractivity contribution in [1.82, 2.24) is 0 Å². The first kappa shape index (κ1) is 19.6. The minimum absolute atomic E-state index is 0.0289. The Bertz CT molecular complexity index is 647. The molecule has 0 spiro atoms. The molecular formula is C20H26O7. The first-order chi connectivity index (χ1) is 13.1. The van der Waals surface area contributed by atoms with Crippen LogP contribution in [0.1, 0.15) is 37.4 Å². The minimum Gasteiger partial charge on any atom is -0.496 e. The Morgan fingerprint density at radius 3 is 2.56 bits per heavy atom. The predicted octanol–water partition coefficient (Wildman–Crippen LogP) is 2.59. The van der Waals surface area contributed by atoms with Gasteiger partial charge in [-0.15, -0.1) is 0 Å². The topological polar surface area (TPSA) is 91.3 Å². The summed E-state index contributed by atoms with van der Waals surface area (Å²) in [6.07, 6.45) is 1.09. The average Bonchev–Trinajstić information content (AvgIpc) is 3.25. The van der Waals surface area contributed by atoms with Crippen LogP contribution in [0.25, 0.3) is 0 Å². The lowest BCUT2D eigenvalue weighted by Gasteiger charge is -2.24. The average molecular weight is 378 g/mol. The molecule has 1 saturated heterocycles. The molecule has 0 bridgehead atoms. The predicted molar refractivity (Wildman–Crippen MR) is 95.5 cm³/mol. The van der Waals surface area contributed by atoms with Crippen LogP contribution in [0.4, 0.5) is 0 Å². The van der Waals surface area contributed by atoms with Gasteiger partial charge < -0.3 is 24.1 Å². The van der Waals surface area contributed by atoms with Crippen LogP contribution in [-0.4, -0.2) is 50.1 Å². The Labute approximate surface area is 158 Å². The van der Waals surface area contributed by atoms with Gasteiger partial charge in [0, 0.05) is 18.8 Å². The van der Waals surface area contributed by atoms with Crippen molar-refractivity contribution in [3.63, 3.8) is 0 Å². The van der Waals surface area contributed by atoms with Crippen molar-refractivity contribution in [2.24, 2.45) is 11.8 Å². The molecule has 1 aliphatic carbocycles. The van der Waals surface area contributed by atoms with Crippen LogP contribution in [-0.2, 0) is 23.8 Å². The normalized spacial score (nSPS) is 25.0. The number of carboxylic acid groups (broad SMARTS) is 1. The second-order valence-electron chi connectivity index (χ2n) is 7.09. The SMILES string of the molecule is COc1ccccc1[C@H](COC(=O)CCC(=O)O)O[C@H]1C[C@H]2COC[C@H]2C1. The van der Waals surface area contributed by atoms with Gasteiger partial charge in [0.1, 0.15) is 18.5 Å². The van der Waals surface area contributed by atoms with Crippen LogP contribution in [0.5, 0.6) is 5.75 Å². The fourth-order valence-corrected chi connectivity index (χ4v) is 3.86. The molecule has 1 aliphatic heterocycles. The van der Waals surface area contributed by atoms with E-state index in [2.05, 4.69) is 0 Å². The molecule has 3 rings (SSSR count). The Kier molecular flexibility index (Phi) is 6.68. The molecule has 7 nitrogen and oxygen atoms in total. The highest BCUT2D eigenvalue weighted by Gasteiger charge is 2.40. The van der Waals surface area contributed by atoms with Crippen molar-refractivity contribution < 1.29 is 33.6 Å². The van der Waals surface area contributed by atoms with E-state index in [-0.39, 0.29) is 25.6 Å². The van der Waals surface area contributed by atoms with Gasteiger partial charge in [-0.3, -0.25) is 9.59 Å². The largest absolute Gasteiger partial charge is 0.496 e. The summed E-state index contributed by atoms with van der Waals surface area (Å²) < 4.78 is 22.6. The zero-order chi connectivity index (χ0) is 19.2. The maximum absolute atomic E-state index is 11.8. The minimum atomic E-state index is -1.02. The quantitative estimate of drug-likeness (QED) is 0.660. The zero-order valence-corrected chi connectivity index (χ0v) is 15.5. The number of carbonyl (C=O) groups is 2. The van der Waals surface area contributed by atoms with Gasteiger partial charge in [-0.05, 0) is 30.7 Å². The number of carbonyl (C=O) groups excluding carboxylic acids is 1. The maximum Gasteiger partial charge on any atom is 0.306 e. The number of hydrogen-bond donors (Lipinski definition) is 1. The number of benzene rings is 1. The second kappa shape index (κ2) is 9.19. The lowest BCUT2D eigenvalue weighted by Crippen LogP contribution is -2.22. The van der Waals surface area contributed by atoms with Gasteiger partial charge in [0.15, 0.2) is 0 Å². The van der Waals surface area contributed by atoms with Crippen molar-refractivity contribution in [3.8, 4) is 5.75 Å². The fraction of sp³-hybridized carbons (Fsp3) is 0.600. The van der Waals surface area contributed by atoms with Gasteiger partial charge in [-0.1, -0.05) is 18.2 Å². The van der Waals surface area contributed by atoms with Crippen molar-refractivity contribution in [2.45, 2.75) is 37.9 Å². The summed E-state index contributed by atoms with van der Waals surface area (Å²) in [4.78, 5) is 22.5. The number of esters is 1. The van der Waals surface area contributed by atoms with Gasteiger partial charge in [0.25, 0.3) is 0 Å². The summed E-state index contributed by atoms with van der Waals surface area (Å²) in [6.45, 7) is 1.60. The highest BCUT2D eigenvalue weighted by molar-refractivity contribution is 5.76. The third kappa shape index (κ3) is 5.20. The van der Waals surface area contributed by atoms with Crippen molar-refractivity contribution in [2.75, 3.05) is 26.9 Å².